The predicted molar refractivity (Wildman–Crippen MR) is 106 cm³/mol. The van der Waals surface area contributed by atoms with Crippen LogP contribution in [0.2, 0.25) is 0 Å². The summed E-state index contributed by atoms with van der Waals surface area (Å²) in [6, 6.07) is 19.6. The van der Waals surface area contributed by atoms with E-state index in [4.69, 9.17) is 4.74 Å². The van der Waals surface area contributed by atoms with Crippen LogP contribution in [0.3, 0.4) is 0 Å². The second-order valence-corrected chi connectivity index (χ2v) is 8.02. The molecule has 0 saturated carbocycles. The molecular weight excluding hydrogens is 376 g/mol. The van der Waals surface area contributed by atoms with Crippen LogP contribution < -0.4 is 9.04 Å². The normalized spacial score (nSPS) is 11.5. The van der Waals surface area contributed by atoms with Gasteiger partial charge in [0.2, 0.25) is 0 Å². The van der Waals surface area contributed by atoms with Crippen molar-refractivity contribution >= 4 is 21.4 Å². The van der Waals surface area contributed by atoms with Gasteiger partial charge in [0.25, 0.3) is 10.0 Å². The van der Waals surface area contributed by atoms with Crippen LogP contribution in [-0.2, 0) is 16.6 Å². The summed E-state index contributed by atoms with van der Waals surface area (Å²) < 4.78 is 35.2. The Morgan fingerprint density at radius 2 is 1.86 bits per heavy atom. The summed E-state index contributed by atoms with van der Waals surface area (Å²) in [6.07, 6.45) is 3.00. The van der Waals surface area contributed by atoms with Crippen molar-refractivity contribution in [2.24, 2.45) is 0 Å². The number of hydrogen-bond donors (Lipinski definition) is 0. The van der Waals surface area contributed by atoms with Gasteiger partial charge in [-0.05, 0) is 42.0 Å². The van der Waals surface area contributed by atoms with Crippen LogP contribution in [0.25, 0.3) is 5.65 Å². The van der Waals surface area contributed by atoms with Crippen molar-refractivity contribution in [1.82, 2.24) is 14.6 Å². The van der Waals surface area contributed by atoms with E-state index in [0.717, 1.165) is 5.56 Å². The maximum Gasteiger partial charge on any atom is 0.266 e. The molecule has 0 bridgehead atoms. The van der Waals surface area contributed by atoms with Crippen LogP contribution in [0.15, 0.2) is 84.1 Å². The lowest BCUT2D eigenvalue weighted by Gasteiger charge is -2.25. The monoisotopic (exact) mass is 394 g/mol. The molecule has 8 heteroatoms. The van der Waals surface area contributed by atoms with Gasteiger partial charge in [0.15, 0.2) is 5.65 Å². The molecule has 0 atom stereocenters. The maximum atomic E-state index is 13.5. The van der Waals surface area contributed by atoms with Crippen molar-refractivity contribution in [3.63, 3.8) is 0 Å². The molecule has 0 unspecified atom stereocenters. The van der Waals surface area contributed by atoms with E-state index in [-0.39, 0.29) is 11.4 Å². The third-order valence-corrected chi connectivity index (χ3v) is 6.11. The topological polar surface area (TPSA) is 76.8 Å². The molecule has 28 heavy (non-hydrogen) atoms. The molecule has 2 aromatic heterocycles. The minimum absolute atomic E-state index is 0.159. The molecule has 7 nitrogen and oxygen atoms in total. The quantitative estimate of drug-likeness (QED) is 0.502. The molecule has 142 valence electrons. The van der Waals surface area contributed by atoms with Gasteiger partial charge in [-0.1, -0.05) is 30.3 Å². The molecule has 0 aliphatic heterocycles. The number of hydrogen-bond acceptors (Lipinski definition) is 5. The zero-order valence-corrected chi connectivity index (χ0v) is 16.0. The maximum absolute atomic E-state index is 13.5. The Hall–Kier alpha value is -3.39. The number of pyridine rings is 1. The van der Waals surface area contributed by atoms with Gasteiger partial charge in [-0.15, -0.1) is 10.2 Å². The number of nitrogens with zero attached hydrogens (tertiary/aromatic N) is 4. The van der Waals surface area contributed by atoms with Crippen LogP contribution in [0.4, 0.5) is 5.69 Å². The molecule has 0 saturated heterocycles. The standard InChI is InChI=1S/C20H18N4O3S/c1-27-18-9-5-6-16(12-18)13-24(17-7-3-2-4-8-17)28(25,26)19-10-11-20-22-21-15-23(20)14-19/h2-12,14-15H,13H2,1H3. The Morgan fingerprint density at radius 3 is 2.64 bits per heavy atom. The number of aromatic nitrogens is 3. The second-order valence-electron chi connectivity index (χ2n) is 6.16. The highest BCUT2D eigenvalue weighted by molar-refractivity contribution is 7.92. The van der Waals surface area contributed by atoms with Gasteiger partial charge in [-0.25, -0.2) is 8.42 Å². The van der Waals surface area contributed by atoms with Crippen LogP contribution >= 0.6 is 0 Å². The van der Waals surface area contributed by atoms with E-state index in [1.807, 2.05) is 42.5 Å². The Labute approximate surface area is 162 Å². The summed E-state index contributed by atoms with van der Waals surface area (Å²) in [5, 5.41) is 7.73. The SMILES string of the molecule is COc1cccc(CN(c2ccccc2)S(=O)(=O)c2ccc3nncn3c2)c1. The number of ether oxygens (including phenoxy) is 1. The van der Waals surface area contributed by atoms with Crippen molar-refractivity contribution in [3.8, 4) is 5.75 Å². The Morgan fingerprint density at radius 1 is 1.04 bits per heavy atom. The van der Waals surface area contributed by atoms with E-state index in [9.17, 15) is 8.42 Å². The third kappa shape index (κ3) is 3.41. The minimum atomic E-state index is -3.83. The Kier molecular flexibility index (Phi) is 4.70. The molecule has 0 N–H and O–H groups in total. The minimum Gasteiger partial charge on any atom is -0.497 e. The predicted octanol–water partition coefficient (Wildman–Crippen LogP) is 3.13. The van der Waals surface area contributed by atoms with Gasteiger partial charge in [-0.3, -0.25) is 8.71 Å². The van der Waals surface area contributed by atoms with Gasteiger partial charge in [0, 0.05) is 6.20 Å². The number of methoxy groups -OCH3 is 1. The molecule has 0 spiro atoms. The fraction of sp³-hybridized carbons (Fsp3) is 0.100. The number of benzene rings is 2. The first kappa shape index (κ1) is 18.0. The first-order valence-corrected chi connectivity index (χ1v) is 10.0. The van der Waals surface area contributed by atoms with E-state index >= 15 is 0 Å². The zero-order valence-electron chi connectivity index (χ0n) is 15.1. The number of para-hydroxylation sites is 1. The van der Waals surface area contributed by atoms with Crippen molar-refractivity contribution in [3.05, 3.63) is 84.8 Å². The summed E-state index contributed by atoms with van der Waals surface area (Å²) in [7, 11) is -2.24. The number of anilines is 1. The zero-order chi connectivity index (χ0) is 19.6. The lowest BCUT2D eigenvalue weighted by molar-refractivity contribution is 0.414. The summed E-state index contributed by atoms with van der Waals surface area (Å²) in [5.41, 5.74) is 1.98. The molecule has 0 fully saturated rings. The fourth-order valence-electron chi connectivity index (χ4n) is 2.93. The second kappa shape index (κ2) is 7.32. The average molecular weight is 394 g/mol. The van der Waals surface area contributed by atoms with E-state index in [0.29, 0.717) is 17.1 Å². The van der Waals surface area contributed by atoms with Crippen LogP contribution in [0.1, 0.15) is 5.56 Å². The first-order chi connectivity index (χ1) is 13.6. The smallest absolute Gasteiger partial charge is 0.266 e. The summed E-state index contributed by atoms with van der Waals surface area (Å²) >= 11 is 0. The lowest BCUT2D eigenvalue weighted by Crippen LogP contribution is -2.30. The van der Waals surface area contributed by atoms with Crippen molar-refractivity contribution in [2.75, 3.05) is 11.4 Å². The average Bonchev–Trinajstić information content (AvgIpc) is 3.20. The highest BCUT2D eigenvalue weighted by Crippen LogP contribution is 2.27. The third-order valence-electron chi connectivity index (χ3n) is 4.36. The highest BCUT2D eigenvalue weighted by Gasteiger charge is 2.26. The van der Waals surface area contributed by atoms with Crippen molar-refractivity contribution in [2.45, 2.75) is 11.4 Å². The van der Waals surface area contributed by atoms with Crippen LogP contribution in [-0.4, -0.2) is 30.1 Å². The Balaban J connectivity index is 1.79. The van der Waals surface area contributed by atoms with Gasteiger partial charge < -0.3 is 4.74 Å². The molecule has 4 rings (SSSR count). The fourth-order valence-corrected chi connectivity index (χ4v) is 4.39. The first-order valence-electron chi connectivity index (χ1n) is 8.58. The summed E-state index contributed by atoms with van der Waals surface area (Å²) in [6.45, 7) is 0.170. The molecule has 2 aromatic carbocycles. The molecular formula is C20H18N4O3S. The van der Waals surface area contributed by atoms with Crippen molar-refractivity contribution in [1.29, 1.82) is 0 Å². The largest absolute Gasteiger partial charge is 0.497 e. The van der Waals surface area contributed by atoms with Gasteiger partial charge in [0.05, 0.1) is 19.3 Å². The van der Waals surface area contributed by atoms with Crippen molar-refractivity contribution < 1.29 is 13.2 Å². The lowest BCUT2D eigenvalue weighted by atomic mass is 10.2. The molecule has 2 heterocycles. The van der Waals surface area contributed by atoms with E-state index in [1.165, 1.54) is 16.8 Å². The van der Waals surface area contributed by atoms with Gasteiger partial charge >= 0.3 is 0 Å². The number of sulfonamides is 1. The van der Waals surface area contributed by atoms with E-state index in [2.05, 4.69) is 10.2 Å². The molecule has 4 aromatic rings. The number of fused-ring (bicyclic) bond motifs is 1. The summed E-state index contributed by atoms with van der Waals surface area (Å²) in [4.78, 5) is 0.159. The molecule has 0 amide bonds. The molecule has 0 aliphatic rings. The Bertz CT molecular complexity index is 1210. The van der Waals surface area contributed by atoms with E-state index < -0.39 is 10.0 Å². The van der Waals surface area contributed by atoms with Crippen LogP contribution in [0.5, 0.6) is 5.75 Å². The van der Waals surface area contributed by atoms with Gasteiger partial charge in [0.1, 0.15) is 17.0 Å². The van der Waals surface area contributed by atoms with Crippen LogP contribution in [0, 0.1) is 0 Å². The van der Waals surface area contributed by atoms with E-state index in [1.54, 1.807) is 35.8 Å². The summed E-state index contributed by atoms with van der Waals surface area (Å²) in [5.74, 6) is 0.675. The highest BCUT2D eigenvalue weighted by atomic mass is 32.2. The molecule has 0 radical (unpaired) electrons. The van der Waals surface area contributed by atoms with Gasteiger partial charge in [-0.2, -0.15) is 0 Å². The molecule has 0 aliphatic carbocycles. The number of rotatable bonds is 6.